The van der Waals surface area contributed by atoms with Crippen LogP contribution < -0.4 is 15.4 Å². The van der Waals surface area contributed by atoms with Crippen molar-refractivity contribution >= 4 is 17.4 Å². The minimum Gasteiger partial charge on any atom is -0.461 e. The molecule has 1 aromatic carbocycles. The molecule has 10 nitrogen and oxygen atoms in total. The largest absolute Gasteiger partial charge is 0.461 e. The lowest BCUT2D eigenvalue weighted by molar-refractivity contribution is -0.122. The number of alkyl halides is 1. The summed E-state index contributed by atoms with van der Waals surface area (Å²) < 4.78 is 33.0. The molecule has 2 N–H and O–H groups in total. The van der Waals surface area contributed by atoms with Crippen LogP contribution in [0.5, 0.6) is 6.01 Å². The van der Waals surface area contributed by atoms with Crippen LogP contribution in [0.1, 0.15) is 79.3 Å². The van der Waals surface area contributed by atoms with Crippen molar-refractivity contribution in [3.8, 4) is 12.1 Å². The molecular weight excluding hydrogens is 539 g/mol. The summed E-state index contributed by atoms with van der Waals surface area (Å²) in [5.41, 5.74) is 9.46. The third kappa shape index (κ3) is 4.43. The Kier molecular flexibility index (Phi) is 6.83. The molecule has 2 aromatic rings. The minimum absolute atomic E-state index is 0.0220. The molecule has 7 rings (SSSR count). The number of nitrogen functional groups attached to an aromatic ring is 1. The van der Waals surface area contributed by atoms with Gasteiger partial charge < -0.3 is 19.9 Å². The number of hydrogen-bond acceptors (Lipinski definition) is 9. The standard InChI is InChI=1S/C31H37FN6O4/c1-19-6-8-31(27-21(19)4-5-24(34)22(27)14-33)13-25-23(16-42-31)28(38-10-3-11-40-17-26(38)39)36-29(35-25)41-18-30-7-2-9-37(30)15-20(32)12-30/h4-5,19-20H,2-3,6-13,15-18,34H2,1H3. The Morgan fingerprint density at radius 3 is 2.98 bits per heavy atom. The van der Waals surface area contributed by atoms with Crippen LogP contribution in [0.25, 0.3) is 0 Å². The first-order valence-electron chi connectivity index (χ1n) is 15.1. The molecule has 5 aliphatic rings. The number of anilines is 2. The van der Waals surface area contributed by atoms with E-state index in [1.807, 2.05) is 6.07 Å². The van der Waals surface area contributed by atoms with Gasteiger partial charge in [0.1, 0.15) is 36.9 Å². The first-order chi connectivity index (χ1) is 20.3. The van der Waals surface area contributed by atoms with Gasteiger partial charge in [-0.15, -0.1) is 0 Å². The van der Waals surface area contributed by atoms with E-state index < -0.39 is 11.8 Å². The maximum atomic E-state index is 14.4. The number of halogens is 1. The zero-order valence-electron chi connectivity index (χ0n) is 24.0. The number of aromatic nitrogens is 2. The van der Waals surface area contributed by atoms with Crippen LogP contribution in [0.4, 0.5) is 15.9 Å². The Bertz CT molecular complexity index is 1460. The number of amides is 1. The molecule has 0 radical (unpaired) electrons. The molecule has 0 saturated carbocycles. The Balaban J connectivity index is 1.30. The summed E-state index contributed by atoms with van der Waals surface area (Å²) in [5, 5.41) is 10.1. The number of nitrogens with zero attached hydrogens (tertiary/aromatic N) is 5. The molecule has 1 aromatic heterocycles. The zero-order chi connectivity index (χ0) is 29.1. The minimum atomic E-state index is -0.865. The summed E-state index contributed by atoms with van der Waals surface area (Å²) in [6, 6.07) is 6.34. The summed E-state index contributed by atoms with van der Waals surface area (Å²) in [6.45, 7) is 4.87. The van der Waals surface area contributed by atoms with E-state index in [1.165, 1.54) is 0 Å². The van der Waals surface area contributed by atoms with E-state index in [0.29, 0.717) is 69.1 Å². The van der Waals surface area contributed by atoms with Crippen molar-refractivity contribution < 1.29 is 23.4 Å². The highest BCUT2D eigenvalue weighted by molar-refractivity contribution is 5.94. The lowest BCUT2D eigenvalue weighted by Gasteiger charge is -2.45. The van der Waals surface area contributed by atoms with Crippen LogP contribution in [0.2, 0.25) is 0 Å². The summed E-state index contributed by atoms with van der Waals surface area (Å²) in [7, 11) is 0. The first-order valence-corrected chi connectivity index (χ1v) is 15.1. The lowest BCUT2D eigenvalue weighted by atomic mass is 9.69. The summed E-state index contributed by atoms with van der Waals surface area (Å²) in [6.07, 6.45) is 4.14. The number of fused-ring (bicyclic) bond motifs is 4. The van der Waals surface area contributed by atoms with Gasteiger partial charge in [0, 0.05) is 49.4 Å². The van der Waals surface area contributed by atoms with Crippen LogP contribution in [0.15, 0.2) is 12.1 Å². The normalized spacial score (nSPS) is 30.9. The molecule has 1 aliphatic carbocycles. The van der Waals surface area contributed by atoms with Gasteiger partial charge in [-0.25, -0.2) is 4.39 Å². The zero-order valence-corrected chi connectivity index (χ0v) is 24.0. The maximum Gasteiger partial charge on any atom is 0.318 e. The summed E-state index contributed by atoms with van der Waals surface area (Å²) in [4.78, 5) is 26.7. The quantitative estimate of drug-likeness (QED) is 0.544. The van der Waals surface area contributed by atoms with Crippen LogP contribution in [0, 0.1) is 11.3 Å². The highest BCUT2D eigenvalue weighted by Gasteiger charge is 2.50. The van der Waals surface area contributed by atoms with Gasteiger partial charge in [0.05, 0.1) is 23.4 Å². The molecule has 42 heavy (non-hydrogen) atoms. The van der Waals surface area contributed by atoms with Gasteiger partial charge in [0.15, 0.2) is 0 Å². The number of nitrogens with two attached hydrogens (primary N) is 1. The summed E-state index contributed by atoms with van der Waals surface area (Å²) in [5.74, 6) is 0.568. The summed E-state index contributed by atoms with van der Waals surface area (Å²) >= 11 is 0. The molecule has 4 unspecified atom stereocenters. The van der Waals surface area contributed by atoms with Crippen LogP contribution in [-0.2, 0) is 32.9 Å². The fourth-order valence-corrected chi connectivity index (χ4v) is 7.88. The lowest BCUT2D eigenvalue weighted by Crippen LogP contribution is -2.44. The average molecular weight is 577 g/mol. The van der Waals surface area contributed by atoms with Gasteiger partial charge in [-0.1, -0.05) is 13.0 Å². The Morgan fingerprint density at radius 1 is 1.24 bits per heavy atom. The van der Waals surface area contributed by atoms with Gasteiger partial charge in [0.2, 0.25) is 0 Å². The molecule has 1 spiro atoms. The third-order valence-corrected chi connectivity index (χ3v) is 10.0. The van der Waals surface area contributed by atoms with Crippen molar-refractivity contribution in [2.45, 2.75) is 81.7 Å². The van der Waals surface area contributed by atoms with E-state index >= 15 is 0 Å². The Hall–Kier alpha value is -3.33. The van der Waals surface area contributed by atoms with Crippen molar-refractivity contribution in [2.24, 2.45) is 0 Å². The highest BCUT2D eigenvalue weighted by Crippen LogP contribution is 2.51. The monoisotopic (exact) mass is 576 g/mol. The van der Waals surface area contributed by atoms with E-state index in [1.54, 1.807) is 11.0 Å². The van der Waals surface area contributed by atoms with Gasteiger partial charge in [0.25, 0.3) is 5.91 Å². The predicted octanol–water partition coefficient (Wildman–Crippen LogP) is 3.50. The molecule has 3 fully saturated rings. The smallest absolute Gasteiger partial charge is 0.318 e. The Morgan fingerprint density at radius 2 is 2.12 bits per heavy atom. The highest BCUT2D eigenvalue weighted by atomic mass is 19.1. The van der Waals surface area contributed by atoms with Crippen LogP contribution in [-0.4, -0.2) is 71.9 Å². The Labute approximate surface area is 244 Å². The number of ether oxygens (including phenoxy) is 3. The SMILES string of the molecule is CC1CCC2(Cc3nc(OCC45CCCN4CC(F)C5)nc(N4CCCOCC4=O)c3CO2)c2c1ccc(N)c2C#N. The van der Waals surface area contributed by atoms with Crippen molar-refractivity contribution in [1.29, 1.82) is 5.26 Å². The number of nitriles is 1. The predicted molar refractivity (Wildman–Crippen MR) is 152 cm³/mol. The van der Waals surface area contributed by atoms with E-state index in [0.717, 1.165) is 48.2 Å². The number of hydrogen-bond donors (Lipinski definition) is 1. The van der Waals surface area contributed by atoms with Gasteiger partial charge in [-0.2, -0.15) is 15.2 Å². The number of carbonyl (C=O) groups excluding carboxylic acids is 1. The molecule has 11 heteroatoms. The molecular formula is C31H37FN6O4. The third-order valence-electron chi connectivity index (χ3n) is 10.0. The topological polar surface area (TPSA) is 127 Å². The molecule has 0 bridgehead atoms. The second kappa shape index (κ2) is 10.4. The van der Waals surface area contributed by atoms with E-state index in [9.17, 15) is 14.4 Å². The van der Waals surface area contributed by atoms with E-state index in [2.05, 4.69) is 17.9 Å². The number of carbonyl (C=O) groups is 1. The van der Waals surface area contributed by atoms with Crippen molar-refractivity contribution in [3.63, 3.8) is 0 Å². The van der Waals surface area contributed by atoms with Crippen LogP contribution >= 0.6 is 0 Å². The van der Waals surface area contributed by atoms with E-state index in [4.69, 9.17) is 29.9 Å². The molecule has 5 heterocycles. The van der Waals surface area contributed by atoms with Crippen LogP contribution in [0.3, 0.4) is 0 Å². The first kappa shape index (κ1) is 27.5. The average Bonchev–Trinajstić information content (AvgIpc) is 3.41. The molecule has 1 amide bonds. The van der Waals surface area contributed by atoms with Crippen molar-refractivity contribution in [2.75, 3.05) is 50.1 Å². The van der Waals surface area contributed by atoms with Gasteiger partial charge in [-0.3, -0.25) is 14.6 Å². The fourth-order valence-electron chi connectivity index (χ4n) is 7.88. The number of benzene rings is 1. The van der Waals surface area contributed by atoms with Crippen molar-refractivity contribution in [1.82, 2.24) is 14.9 Å². The fraction of sp³-hybridized carbons (Fsp3) is 0.613. The second-order valence-electron chi connectivity index (χ2n) is 12.6. The number of rotatable bonds is 4. The van der Waals surface area contributed by atoms with Gasteiger partial charge >= 0.3 is 6.01 Å². The second-order valence-corrected chi connectivity index (χ2v) is 12.6. The molecule has 4 atom stereocenters. The van der Waals surface area contributed by atoms with Crippen molar-refractivity contribution in [3.05, 3.63) is 40.1 Å². The molecule has 3 saturated heterocycles. The maximum absolute atomic E-state index is 14.4. The van der Waals surface area contributed by atoms with Gasteiger partial charge in [-0.05, 0) is 56.2 Å². The molecule has 4 aliphatic heterocycles. The molecule has 222 valence electrons. The van der Waals surface area contributed by atoms with E-state index in [-0.39, 0.29) is 36.6 Å².